The maximum absolute atomic E-state index is 12.7. The summed E-state index contributed by atoms with van der Waals surface area (Å²) in [6.07, 6.45) is 0.184. The fourth-order valence-corrected chi connectivity index (χ4v) is 1.80. The molecule has 0 aromatic heterocycles. The van der Waals surface area contributed by atoms with Crippen LogP contribution in [-0.4, -0.2) is 19.1 Å². The first-order chi connectivity index (χ1) is 10.1. The molecule has 2 N–H and O–H groups in total. The molecule has 0 aliphatic heterocycles. The van der Waals surface area contributed by atoms with Gasteiger partial charge in [0.05, 0.1) is 6.42 Å². The largest absolute Gasteiger partial charge is 0.490 e. The van der Waals surface area contributed by atoms with Crippen LogP contribution >= 0.6 is 0 Å². The van der Waals surface area contributed by atoms with Gasteiger partial charge in [0.1, 0.15) is 30.5 Å². The Kier molecular flexibility index (Phi) is 5.15. The summed E-state index contributed by atoms with van der Waals surface area (Å²) in [6.45, 7) is 0.684. The molecule has 2 aromatic carbocycles. The second-order valence-corrected chi connectivity index (χ2v) is 4.44. The predicted octanol–water partition coefficient (Wildman–Crippen LogP) is 2.31. The highest BCUT2D eigenvalue weighted by Gasteiger charge is 2.01. The Balaban J connectivity index is 1.78. The second kappa shape index (κ2) is 7.28. The minimum absolute atomic E-state index is 0.184. The summed E-state index contributed by atoms with van der Waals surface area (Å²) < 4.78 is 23.6. The van der Waals surface area contributed by atoms with Gasteiger partial charge in [-0.2, -0.15) is 0 Å². The van der Waals surface area contributed by atoms with E-state index in [1.165, 1.54) is 12.1 Å². The van der Waals surface area contributed by atoms with Crippen molar-refractivity contribution in [3.63, 3.8) is 0 Å². The third-order valence-corrected chi connectivity index (χ3v) is 2.71. The van der Waals surface area contributed by atoms with Crippen molar-refractivity contribution in [3.8, 4) is 11.5 Å². The van der Waals surface area contributed by atoms with E-state index < -0.39 is 0 Å². The van der Waals surface area contributed by atoms with Gasteiger partial charge in [0, 0.05) is 0 Å². The maximum Gasteiger partial charge on any atom is 0.221 e. The Morgan fingerprint density at radius 3 is 2.33 bits per heavy atom. The van der Waals surface area contributed by atoms with Crippen molar-refractivity contribution in [2.45, 2.75) is 6.42 Å². The molecule has 0 heterocycles. The van der Waals surface area contributed by atoms with Crippen molar-refractivity contribution in [1.29, 1.82) is 0 Å². The van der Waals surface area contributed by atoms with Gasteiger partial charge < -0.3 is 15.2 Å². The van der Waals surface area contributed by atoms with Gasteiger partial charge in [-0.05, 0) is 42.0 Å². The molecule has 0 aliphatic rings. The molecule has 0 spiro atoms. The molecular weight excluding hydrogens is 273 g/mol. The summed E-state index contributed by atoms with van der Waals surface area (Å²) in [6, 6.07) is 13.0. The normalized spacial score (nSPS) is 10.1. The van der Waals surface area contributed by atoms with E-state index in [2.05, 4.69) is 0 Å². The second-order valence-electron chi connectivity index (χ2n) is 4.44. The van der Waals surface area contributed by atoms with Crippen molar-refractivity contribution >= 4 is 5.91 Å². The van der Waals surface area contributed by atoms with Crippen molar-refractivity contribution in [2.24, 2.45) is 5.73 Å². The van der Waals surface area contributed by atoms with E-state index in [4.69, 9.17) is 15.2 Å². The molecule has 0 radical (unpaired) electrons. The predicted molar refractivity (Wildman–Crippen MR) is 76.7 cm³/mol. The zero-order valence-electron chi connectivity index (χ0n) is 11.4. The van der Waals surface area contributed by atoms with Crippen LogP contribution in [0.15, 0.2) is 48.5 Å². The highest BCUT2D eigenvalue weighted by atomic mass is 19.1. The van der Waals surface area contributed by atoms with Crippen molar-refractivity contribution in [1.82, 2.24) is 0 Å². The Hall–Kier alpha value is -2.56. The summed E-state index contributed by atoms with van der Waals surface area (Å²) in [4.78, 5) is 10.9. The zero-order chi connectivity index (χ0) is 15.1. The summed E-state index contributed by atoms with van der Waals surface area (Å²) in [5, 5.41) is 0. The van der Waals surface area contributed by atoms with Crippen LogP contribution < -0.4 is 15.2 Å². The van der Waals surface area contributed by atoms with Crippen molar-refractivity contribution < 1.29 is 18.7 Å². The molecule has 0 saturated carbocycles. The number of hydrogen-bond acceptors (Lipinski definition) is 3. The highest BCUT2D eigenvalue weighted by molar-refractivity contribution is 5.76. The van der Waals surface area contributed by atoms with E-state index in [0.29, 0.717) is 24.7 Å². The molecule has 0 unspecified atom stereocenters. The summed E-state index contributed by atoms with van der Waals surface area (Å²) in [5.41, 5.74) is 5.95. The Morgan fingerprint density at radius 2 is 1.67 bits per heavy atom. The molecule has 1 amide bonds. The molecule has 2 rings (SSSR count). The van der Waals surface area contributed by atoms with E-state index in [-0.39, 0.29) is 18.1 Å². The topological polar surface area (TPSA) is 61.6 Å². The monoisotopic (exact) mass is 289 g/mol. The summed E-state index contributed by atoms with van der Waals surface area (Å²) in [5.74, 6) is 0.551. The van der Waals surface area contributed by atoms with Crippen LogP contribution in [0.25, 0.3) is 0 Å². The van der Waals surface area contributed by atoms with Gasteiger partial charge in [-0.1, -0.05) is 12.1 Å². The van der Waals surface area contributed by atoms with E-state index >= 15 is 0 Å². The van der Waals surface area contributed by atoms with Gasteiger partial charge in [-0.25, -0.2) is 4.39 Å². The van der Waals surface area contributed by atoms with Crippen LogP contribution in [-0.2, 0) is 11.2 Å². The first-order valence-electron chi connectivity index (χ1n) is 6.52. The van der Waals surface area contributed by atoms with Gasteiger partial charge in [-0.15, -0.1) is 0 Å². The first-order valence-corrected chi connectivity index (χ1v) is 6.52. The van der Waals surface area contributed by atoms with Gasteiger partial charge in [0.15, 0.2) is 0 Å². The average molecular weight is 289 g/mol. The molecule has 0 bridgehead atoms. The van der Waals surface area contributed by atoms with E-state index in [0.717, 1.165) is 5.56 Å². The van der Waals surface area contributed by atoms with E-state index in [1.807, 2.05) is 6.07 Å². The number of nitrogens with two attached hydrogens (primary N) is 1. The van der Waals surface area contributed by atoms with Crippen LogP contribution in [0.3, 0.4) is 0 Å². The first kappa shape index (κ1) is 14.8. The summed E-state index contributed by atoms with van der Waals surface area (Å²) >= 11 is 0. The van der Waals surface area contributed by atoms with Crippen molar-refractivity contribution in [3.05, 3.63) is 59.9 Å². The van der Waals surface area contributed by atoms with Crippen molar-refractivity contribution in [2.75, 3.05) is 13.2 Å². The Bertz CT molecular complexity index is 599. The Labute approximate surface area is 122 Å². The SMILES string of the molecule is NC(=O)Cc1cccc(OCCOc2ccc(F)cc2)c1. The number of rotatable bonds is 7. The van der Waals surface area contributed by atoms with Gasteiger partial charge in [0.25, 0.3) is 0 Å². The zero-order valence-corrected chi connectivity index (χ0v) is 11.4. The molecule has 0 aliphatic carbocycles. The number of benzene rings is 2. The number of hydrogen-bond donors (Lipinski definition) is 1. The van der Waals surface area contributed by atoms with Crippen LogP contribution in [0.5, 0.6) is 11.5 Å². The van der Waals surface area contributed by atoms with Gasteiger partial charge in [0.2, 0.25) is 5.91 Å². The molecule has 0 saturated heterocycles. The molecule has 0 fully saturated rings. The number of halogens is 1. The number of ether oxygens (including phenoxy) is 2. The lowest BCUT2D eigenvalue weighted by Crippen LogP contribution is -2.13. The summed E-state index contributed by atoms with van der Waals surface area (Å²) in [7, 11) is 0. The number of amides is 1. The van der Waals surface area contributed by atoms with Gasteiger partial charge >= 0.3 is 0 Å². The highest BCUT2D eigenvalue weighted by Crippen LogP contribution is 2.14. The molecule has 21 heavy (non-hydrogen) atoms. The van der Waals surface area contributed by atoms with Crippen LogP contribution in [0, 0.1) is 5.82 Å². The molecule has 0 atom stereocenters. The van der Waals surface area contributed by atoms with Crippen LogP contribution in [0.2, 0.25) is 0 Å². The standard InChI is InChI=1S/C16H16FNO3/c17-13-4-6-14(7-5-13)20-8-9-21-15-3-1-2-12(10-15)11-16(18)19/h1-7,10H,8-9,11H2,(H2,18,19). The quantitative estimate of drug-likeness (QED) is 0.796. The average Bonchev–Trinajstić information content (AvgIpc) is 2.45. The number of carbonyl (C=O) groups excluding carboxylic acids is 1. The molecular formula is C16H16FNO3. The lowest BCUT2D eigenvalue weighted by Gasteiger charge is -2.09. The maximum atomic E-state index is 12.7. The Morgan fingerprint density at radius 1 is 1.00 bits per heavy atom. The number of primary amides is 1. The van der Waals surface area contributed by atoms with Crippen LogP contribution in [0.1, 0.15) is 5.56 Å². The molecule has 110 valence electrons. The fraction of sp³-hybridized carbons (Fsp3) is 0.188. The third kappa shape index (κ3) is 5.14. The lowest BCUT2D eigenvalue weighted by atomic mass is 10.1. The molecule has 2 aromatic rings. The van der Waals surface area contributed by atoms with Gasteiger partial charge in [-0.3, -0.25) is 4.79 Å². The van der Waals surface area contributed by atoms with Crippen LogP contribution in [0.4, 0.5) is 4.39 Å². The van der Waals surface area contributed by atoms with E-state index in [1.54, 1.807) is 30.3 Å². The third-order valence-electron chi connectivity index (χ3n) is 2.71. The molecule has 4 nitrogen and oxygen atoms in total. The lowest BCUT2D eigenvalue weighted by molar-refractivity contribution is -0.117. The smallest absolute Gasteiger partial charge is 0.221 e. The van der Waals surface area contributed by atoms with E-state index in [9.17, 15) is 9.18 Å². The fourth-order valence-electron chi connectivity index (χ4n) is 1.80. The minimum atomic E-state index is -0.383. The molecule has 5 heteroatoms. The number of carbonyl (C=O) groups is 1. The minimum Gasteiger partial charge on any atom is -0.490 e.